The summed E-state index contributed by atoms with van der Waals surface area (Å²) in [7, 11) is 0. The Balaban J connectivity index is 1.08. The maximum atomic E-state index is 14.2. The molecule has 0 saturated carbocycles. The summed E-state index contributed by atoms with van der Waals surface area (Å²) < 4.78 is 0. The third kappa shape index (κ3) is 7.02. The first-order valence-corrected chi connectivity index (χ1v) is 19.1. The van der Waals surface area contributed by atoms with Crippen molar-refractivity contribution in [3.63, 3.8) is 0 Å². The Labute approximate surface area is 340 Å². The van der Waals surface area contributed by atoms with Crippen LogP contribution in [0.1, 0.15) is 43.0 Å². The normalized spacial score (nSPS) is 11.3. The molecule has 0 aliphatic carbocycles. The van der Waals surface area contributed by atoms with Crippen molar-refractivity contribution in [1.29, 1.82) is 0 Å². The fourth-order valence-corrected chi connectivity index (χ4v) is 7.68. The number of nitrogens with zero attached hydrogens (tertiary/aromatic N) is 6. The summed E-state index contributed by atoms with van der Waals surface area (Å²) in [5.41, 5.74) is 7.26. The number of anilines is 1. The Morgan fingerprint density at radius 2 is 1.19 bits per heavy atom. The molecule has 0 bridgehead atoms. The Bertz CT molecular complexity index is 2820. The van der Waals surface area contributed by atoms with Crippen molar-refractivity contribution in [2.75, 3.05) is 4.90 Å². The molecule has 2 aromatic heterocycles. The highest BCUT2D eigenvalue weighted by molar-refractivity contribution is 6.07. The lowest BCUT2D eigenvalue weighted by Crippen LogP contribution is -2.39. The first-order valence-electron chi connectivity index (χ1n) is 19.1. The van der Waals surface area contributed by atoms with E-state index in [1.54, 1.807) is 28.0 Å². The molecule has 1 N–H and O–H groups in total. The van der Waals surface area contributed by atoms with E-state index in [2.05, 4.69) is 41.4 Å². The highest BCUT2D eigenvalue weighted by atomic mass is 16.4. The van der Waals surface area contributed by atoms with E-state index in [1.165, 1.54) is 12.1 Å². The summed E-state index contributed by atoms with van der Waals surface area (Å²) in [4.78, 5) is 34.0. The predicted octanol–water partition coefficient (Wildman–Crippen LogP) is 9.94. The van der Waals surface area contributed by atoms with E-state index < -0.39 is 11.5 Å². The Hall–Kier alpha value is -8.04. The number of carbonyl (C=O) groups excluding carboxylic acids is 1. The second-order valence-corrected chi connectivity index (χ2v) is 14.1. The van der Waals surface area contributed by atoms with E-state index in [-0.39, 0.29) is 18.0 Å². The van der Waals surface area contributed by atoms with Crippen LogP contribution in [0.25, 0.3) is 33.4 Å². The lowest BCUT2D eigenvalue weighted by Gasteiger charge is -2.34. The van der Waals surface area contributed by atoms with Crippen molar-refractivity contribution < 1.29 is 14.7 Å². The zero-order chi connectivity index (χ0) is 40.2. The summed E-state index contributed by atoms with van der Waals surface area (Å²) in [6, 6.07) is 62.5. The number of tetrazole rings is 1. The maximum Gasteiger partial charge on any atom is 0.335 e. The molecule has 1 amide bonds. The molecule has 0 saturated heterocycles. The number of benzene rings is 7. The molecule has 59 heavy (non-hydrogen) atoms. The number of pyridine rings is 1. The molecule has 0 atom stereocenters. The first kappa shape index (κ1) is 36.6. The zero-order valence-electron chi connectivity index (χ0n) is 31.7. The molecule has 0 spiro atoms. The van der Waals surface area contributed by atoms with Crippen LogP contribution < -0.4 is 4.90 Å². The van der Waals surface area contributed by atoms with Crippen molar-refractivity contribution in [2.45, 2.75) is 12.1 Å². The molecule has 284 valence electrons. The van der Waals surface area contributed by atoms with Gasteiger partial charge in [-0.15, -0.1) is 15.0 Å². The van der Waals surface area contributed by atoms with E-state index in [4.69, 9.17) is 15.4 Å². The van der Waals surface area contributed by atoms with Gasteiger partial charge in [-0.05, 0) is 68.9 Å². The summed E-state index contributed by atoms with van der Waals surface area (Å²) in [5.74, 6) is -0.905. The standard InChI is InChI=1S/C50H36N6O3/c57-48(39-31-37-15-10-13-26-46(37)51-33-39)55(43-23-14-16-38(32-43)49(58)59)34-35-27-29-36(30-28-35)44-24-11-12-25-45(44)47-52-54-56(53-47)50(40-17-4-1-5-18-40,41-19-6-2-7-20-41)42-21-8-3-9-22-42/h1-33H,34H2,(H,58,59). The van der Waals surface area contributed by atoms with E-state index in [1.807, 2.05) is 133 Å². The van der Waals surface area contributed by atoms with Crippen LogP contribution in [0.15, 0.2) is 200 Å². The molecule has 9 aromatic rings. The van der Waals surface area contributed by atoms with Crippen LogP contribution in [0, 0.1) is 0 Å². The molecule has 0 aliphatic rings. The average molecular weight is 769 g/mol. The molecule has 0 aliphatic heterocycles. The largest absolute Gasteiger partial charge is 0.478 e. The van der Waals surface area contributed by atoms with Crippen LogP contribution in [0.4, 0.5) is 5.69 Å². The minimum Gasteiger partial charge on any atom is -0.478 e. The van der Waals surface area contributed by atoms with Gasteiger partial charge in [0.1, 0.15) is 0 Å². The van der Waals surface area contributed by atoms with Gasteiger partial charge in [-0.3, -0.25) is 9.78 Å². The highest BCUT2D eigenvalue weighted by Crippen LogP contribution is 2.40. The summed E-state index contributed by atoms with van der Waals surface area (Å²) in [5, 5.41) is 25.2. The van der Waals surface area contributed by atoms with Gasteiger partial charge in [0.05, 0.1) is 23.2 Å². The number of amides is 1. The minimum absolute atomic E-state index is 0.0861. The molecule has 9 rings (SSSR count). The third-order valence-electron chi connectivity index (χ3n) is 10.5. The quantitative estimate of drug-likeness (QED) is 0.130. The minimum atomic E-state index is -1.07. The molecule has 7 aromatic carbocycles. The lowest BCUT2D eigenvalue weighted by atomic mass is 9.77. The van der Waals surface area contributed by atoms with E-state index in [0.29, 0.717) is 17.1 Å². The fourth-order valence-electron chi connectivity index (χ4n) is 7.68. The zero-order valence-corrected chi connectivity index (χ0v) is 31.7. The van der Waals surface area contributed by atoms with Gasteiger partial charge in [0.15, 0.2) is 5.54 Å². The summed E-state index contributed by atoms with van der Waals surface area (Å²) in [6.45, 7) is 0.188. The van der Waals surface area contributed by atoms with Crippen LogP contribution in [-0.4, -0.2) is 42.2 Å². The number of fused-ring (bicyclic) bond motifs is 1. The summed E-state index contributed by atoms with van der Waals surface area (Å²) >= 11 is 0. The van der Waals surface area contributed by atoms with Crippen molar-refractivity contribution in [1.82, 2.24) is 25.2 Å². The third-order valence-corrected chi connectivity index (χ3v) is 10.5. The van der Waals surface area contributed by atoms with Gasteiger partial charge >= 0.3 is 5.97 Å². The number of para-hydroxylation sites is 1. The van der Waals surface area contributed by atoms with E-state index in [0.717, 1.165) is 49.8 Å². The smallest absolute Gasteiger partial charge is 0.335 e. The number of carbonyl (C=O) groups is 2. The molecular weight excluding hydrogens is 733 g/mol. The second-order valence-electron chi connectivity index (χ2n) is 14.1. The van der Waals surface area contributed by atoms with Crippen molar-refractivity contribution in [2.24, 2.45) is 0 Å². The number of hydrogen-bond acceptors (Lipinski definition) is 6. The molecular formula is C50H36N6O3. The molecule has 0 unspecified atom stereocenters. The van der Waals surface area contributed by atoms with Crippen LogP contribution >= 0.6 is 0 Å². The van der Waals surface area contributed by atoms with Crippen molar-refractivity contribution in [3.05, 3.63) is 234 Å². The van der Waals surface area contributed by atoms with Crippen LogP contribution in [0.2, 0.25) is 0 Å². The number of carboxylic acids is 1. The fraction of sp³-hybridized carbons (Fsp3) is 0.0400. The van der Waals surface area contributed by atoms with Gasteiger partial charge in [0.25, 0.3) is 5.91 Å². The number of hydrogen-bond donors (Lipinski definition) is 1. The molecule has 9 nitrogen and oxygen atoms in total. The monoisotopic (exact) mass is 768 g/mol. The average Bonchev–Trinajstić information content (AvgIpc) is 3.80. The Morgan fingerprint density at radius 3 is 1.83 bits per heavy atom. The van der Waals surface area contributed by atoms with Gasteiger partial charge in [-0.2, -0.15) is 0 Å². The predicted molar refractivity (Wildman–Crippen MR) is 229 cm³/mol. The Morgan fingerprint density at radius 1 is 0.593 bits per heavy atom. The molecule has 0 radical (unpaired) electrons. The van der Waals surface area contributed by atoms with Gasteiger partial charge in [-0.1, -0.05) is 164 Å². The van der Waals surface area contributed by atoms with Crippen molar-refractivity contribution >= 4 is 28.5 Å². The number of aromatic carboxylic acids is 1. The lowest BCUT2D eigenvalue weighted by molar-refractivity contribution is 0.0696. The molecule has 0 fully saturated rings. The molecule has 2 heterocycles. The number of carboxylic acid groups (broad SMARTS) is 1. The highest BCUT2D eigenvalue weighted by Gasteiger charge is 2.41. The number of aromatic nitrogens is 5. The van der Waals surface area contributed by atoms with Gasteiger partial charge < -0.3 is 10.0 Å². The van der Waals surface area contributed by atoms with Crippen LogP contribution in [0.3, 0.4) is 0 Å². The SMILES string of the molecule is O=C(O)c1cccc(N(Cc2ccc(-c3ccccc3-c3nnn(C(c4ccccc4)(c4ccccc4)c4ccccc4)n3)cc2)C(=O)c2cnc3ccccc3c2)c1. The van der Waals surface area contributed by atoms with Gasteiger partial charge in [0.2, 0.25) is 5.82 Å². The number of rotatable bonds is 11. The van der Waals surface area contributed by atoms with E-state index in [9.17, 15) is 14.7 Å². The van der Waals surface area contributed by atoms with Gasteiger partial charge in [-0.25, -0.2) is 4.79 Å². The summed E-state index contributed by atoms with van der Waals surface area (Å²) in [6.07, 6.45) is 1.56. The maximum absolute atomic E-state index is 14.2. The first-order chi connectivity index (χ1) is 29.0. The second kappa shape index (κ2) is 15.8. The molecule has 9 heteroatoms. The topological polar surface area (TPSA) is 114 Å². The van der Waals surface area contributed by atoms with Crippen LogP contribution in [-0.2, 0) is 12.1 Å². The van der Waals surface area contributed by atoms with Gasteiger partial charge in [0, 0.05) is 22.8 Å². The Kier molecular flexibility index (Phi) is 9.82. The van der Waals surface area contributed by atoms with Crippen molar-refractivity contribution in [3.8, 4) is 22.5 Å². The van der Waals surface area contributed by atoms with E-state index >= 15 is 0 Å². The van der Waals surface area contributed by atoms with Crippen LogP contribution in [0.5, 0.6) is 0 Å².